The lowest BCUT2D eigenvalue weighted by Gasteiger charge is -2.11. The minimum Gasteiger partial charge on any atom is -0.357 e. The average molecular weight is 423 g/mol. The lowest BCUT2D eigenvalue weighted by Crippen LogP contribution is -1.97. The number of rotatable bonds is 4. The van der Waals surface area contributed by atoms with E-state index in [0.29, 0.717) is 5.95 Å². The fraction of sp³-hybridized carbons (Fsp3) is 0.192. The maximum absolute atomic E-state index is 4.82. The fourth-order valence-corrected chi connectivity index (χ4v) is 4.20. The van der Waals surface area contributed by atoms with Crippen LogP contribution in [0, 0.1) is 20.8 Å². The zero-order valence-corrected chi connectivity index (χ0v) is 19.0. The second-order valence-corrected chi connectivity index (χ2v) is 8.27. The molecule has 0 bridgehead atoms. The SMILES string of the molecule is CNc1ncc2cc(-c3c(C)ccc4c(Nc5ccc(C)c(C)c5)nn(C)c34)ccc2n1. The predicted octanol–water partition coefficient (Wildman–Crippen LogP) is 5.89. The summed E-state index contributed by atoms with van der Waals surface area (Å²) < 4.78 is 1.96. The molecule has 160 valence electrons. The van der Waals surface area contributed by atoms with Crippen molar-refractivity contribution in [1.29, 1.82) is 0 Å². The van der Waals surface area contributed by atoms with Gasteiger partial charge in [0.25, 0.3) is 0 Å². The van der Waals surface area contributed by atoms with E-state index in [-0.39, 0.29) is 0 Å². The Labute approximate surface area is 187 Å². The van der Waals surface area contributed by atoms with Crippen LogP contribution in [-0.4, -0.2) is 26.8 Å². The highest BCUT2D eigenvalue weighted by atomic mass is 15.3. The van der Waals surface area contributed by atoms with Crippen LogP contribution in [0.25, 0.3) is 32.9 Å². The Morgan fingerprint density at radius 1 is 0.875 bits per heavy atom. The van der Waals surface area contributed by atoms with Gasteiger partial charge in [-0.1, -0.05) is 18.2 Å². The Kier molecular flexibility index (Phi) is 4.78. The molecule has 6 nitrogen and oxygen atoms in total. The molecule has 0 atom stereocenters. The van der Waals surface area contributed by atoms with Crippen molar-refractivity contribution in [3.05, 3.63) is 71.4 Å². The van der Waals surface area contributed by atoms with Crippen molar-refractivity contribution < 1.29 is 0 Å². The Bertz CT molecular complexity index is 1480. The van der Waals surface area contributed by atoms with Crippen molar-refractivity contribution in [3.8, 4) is 11.1 Å². The van der Waals surface area contributed by atoms with Crippen LogP contribution in [-0.2, 0) is 7.05 Å². The normalized spacial score (nSPS) is 11.3. The van der Waals surface area contributed by atoms with Crippen molar-refractivity contribution in [3.63, 3.8) is 0 Å². The van der Waals surface area contributed by atoms with Gasteiger partial charge in [-0.15, -0.1) is 0 Å². The highest BCUT2D eigenvalue weighted by Gasteiger charge is 2.16. The maximum atomic E-state index is 4.82. The first kappa shape index (κ1) is 20.0. The van der Waals surface area contributed by atoms with E-state index in [1.807, 2.05) is 25.0 Å². The third-order valence-electron chi connectivity index (χ3n) is 6.08. The van der Waals surface area contributed by atoms with Crippen molar-refractivity contribution in [2.45, 2.75) is 20.8 Å². The summed E-state index contributed by atoms with van der Waals surface area (Å²) in [5, 5.41) is 13.4. The van der Waals surface area contributed by atoms with Gasteiger partial charge in [0, 0.05) is 42.3 Å². The molecule has 3 aromatic carbocycles. The molecule has 6 heteroatoms. The van der Waals surface area contributed by atoms with Gasteiger partial charge in [-0.3, -0.25) is 4.68 Å². The maximum Gasteiger partial charge on any atom is 0.222 e. The van der Waals surface area contributed by atoms with Gasteiger partial charge in [0.2, 0.25) is 5.95 Å². The van der Waals surface area contributed by atoms with Crippen LogP contribution >= 0.6 is 0 Å². The summed E-state index contributed by atoms with van der Waals surface area (Å²) in [6.45, 7) is 6.39. The highest BCUT2D eigenvalue weighted by molar-refractivity contribution is 6.03. The molecular formula is C26H26N6. The topological polar surface area (TPSA) is 67.7 Å². The number of benzene rings is 3. The molecule has 0 saturated heterocycles. The van der Waals surface area contributed by atoms with Crippen molar-refractivity contribution >= 4 is 39.3 Å². The summed E-state index contributed by atoms with van der Waals surface area (Å²) in [6, 6.07) is 17.0. The first-order chi connectivity index (χ1) is 15.4. The van der Waals surface area contributed by atoms with Crippen LogP contribution in [0.5, 0.6) is 0 Å². The van der Waals surface area contributed by atoms with Crippen LogP contribution < -0.4 is 10.6 Å². The number of aromatic nitrogens is 4. The van der Waals surface area contributed by atoms with E-state index >= 15 is 0 Å². The zero-order chi connectivity index (χ0) is 22.4. The van der Waals surface area contributed by atoms with Crippen molar-refractivity contribution in [2.24, 2.45) is 7.05 Å². The summed E-state index contributed by atoms with van der Waals surface area (Å²) in [4.78, 5) is 8.92. The minimum atomic E-state index is 0.622. The third-order valence-corrected chi connectivity index (χ3v) is 6.08. The number of aryl methyl sites for hydroxylation is 4. The van der Waals surface area contributed by atoms with Crippen LogP contribution in [0.15, 0.2) is 54.7 Å². The largest absolute Gasteiger partial charge is 0.357 e. The quantitative estimate of drug-likeness (QED) is 0.378. The minimum absolute atomic E-state index is 0.622. The Morgan fingerprint density at radius 3 is 2.47 bits per heavy atom. The first-order valence-corrected chi connectivity index (χ1v) is 10.7. The number of anilines is 3. The Balaban J connectivity index is 1.64. The molecule has 0 aliphatic carbocycles. The molecule has 0 aliphatic rings. The van der Waals surface area contributed by atoms with Gasteiger partial charge in [-0.05, 0) is 73.4 Å². The number of nitrogens with zero attached hydrogens (tertiary/aromatic N) is 4. The molecule has 0 fully saturated rings. The van der Waals surface area contributed by atoms with Gasteiger partial charge < -0.3 is 10.6 Å². The summed E-state index contributed by atoms with van der Waals surface area (Å²) >= 11 is 0. The summed E-state index contributed by atoms with van der Waals surface area (Å²) in [7, 11) is 3.83. The first-order valence-electron chi connectivity index (χ1n) is 10.7. The Hall–Kier alpha value is -3.93. The highest BCUT2D eigenvalue weighted by Crippen LogP contribution is 2.37. The molecule has 2 N–H and O–H groups in total. The molecule has 2 heterocycles. The van der Waals surface area contributed by atoms with Gasteiger partial charge in [0.15, 0.2) is 5.82 Å². The van der Waals surface area contributed by atoms with E-state index < -0.39 is 0 Å². The fourth-order valence-electron chi connectivity index (χ4n) is 4.20. The third kappa shape index (κ3) is 3.34. The van der Waals surface area contributed by atoms with Gasteiger partial charge >= 0.3 is 0 Å². The van der Waals surface area contributed by atoms with Crippen LogP contribution in [0.3, 0.4) is 0 Å². The van der Waals surface area contributed by atoms with Crippen molar-refractivity contribution in [1.82, 2.24) is 19.7 Å². The lowest BCUT2D eigenvalue weighted by molar-refractivity contribution is 0.801. The number of hydrogen-bond acceptors (Lipinski definition) is 5. The van der Waals surface area contributed by atoms with Crippen molar-refractivity contribution in [2.75, 3.05) is 17.7 Å². The molecule has 0 unspecified atom stereocenters. The molecular weight excluding hydrogens is 396 g/mol. The van der Waals surface area contributed by atoms with E-state index in [1.165, 1.54) is 22.3 Å². The molecule has 0 saturated carbocycles. The zero-order valence-electron chi connectivity index (χ0n) is 19.0. The average Bonchev–Trinajstić information content (AvgIpc) is 3.10. The second kappa shape index (κ2) is 7.64. The van der Waals surface area contributed by atoms with E-state index in [0.717, 1.165) is 38.9 Å². The van der Waals surface area contributed by atoms with Crippen LogP contribution in [0.1, 0.15) is 16.7 Å². The summed E-state index contributed by atoms with van der Waals surface area (Å²) in [6.07, 6.45) is 1.86. The molecule has 32 heavy (non-hydrogen) atoms. The monoisotopic (exact) mass is 422 g/mol. The number of hydrogen-bond donors (Lipinski definition) is 2. The molecule has 5 rings (SSSR count). The van der Waals surface area contributed by atoms with Crippen LogP contribution in [0.4, 0.5) is 17.5 Å². The molecule has 2 aromatic heterocycles. The molecule has 5 aromatic rings. The van der Waals surface area contributed by atoms with Crippen LogP contribution in [0.2, 0.25) is 0 Å². The summed E-state index contributed by atoms with van der Waals surface area (Å²) in [5.74, 6) is 1.48. The van der Waals surface area contributed by atoms with Gasteiger partial charge in [-0.25, -0.2) is 9.97 Å². The molecule has 0 aliphatic heterocycles. The van der Waals surface area contributed by atoms with E-state index in [4.69, 9.17) is 5.10 Å². The van der Waals surface area contributed by atoms with E-state index in [2.05, 4.69) is 89.9 Å². The molecule has 0 radical (unpaired) electrons. The van der Waals surface area contributed by atoms with Gasteiger partial charge in [-0.2, -0.15) is 5.10 Å². The molecule has 0 spiro atoms. The van der Waals surface area contributed by atoms with Gasteiger partial charge in [0.1, 0.15) is 0 Å². The standard InChI is InChI=1S/C26H26N6/c1-15-6-9-20(12-17(15)3)29-25-21-10-7-16(2)23(24(21)32(5)31-25)18-8-11-22-19(13-18)14-28-26(27-4)30-22/h6-14H,1-5H3,(H,29,31)(H,27,28,30). The number of nitrogens with one attached hydrogen (secondary N) is 2. The van der Waals surface area contributed by atoms with Gasteiger partial charge in [0.05, 0.1) is 11.0 Å². The number of fused-ring (bicyclic) bond motifs is 2. The lowest BCUT2D eigenvalue weighted by atomic mass is 9.96. The van der Waals surface area contributed by atoms with E-state index in [9.17, 15) is 0 Å². The Morgan fingerprint density at radius 2 is 1.69 bits per heavy atom. The van der Waals surface area contributed by atoms with E-state index in [1.54, 1.807) is 0 Å². The molecule has 0 amide bonds. The predicted molar refractivity (Wildman–Crippen MR) is 133 cm³/mol. The second-order valence-electron chi connectivity index (χ2n) is 8.27. The smallest absolute Gasteiger partial charge is 0.222 e. The summed E-state index contributed by atoms with van der Waals surface area (Å²) in [5.41, 5.74) is 9.09.